The largest absolute Gasteiger partial charge is 0.465 e. The number of nitrogens with zero attached hydrogens (tertiary/aromatic N) is 1. The molecule has 0 unspecified atom stereocenters. The quantitative estimate of drug-likeness (QED) is 0.864. The number of hydrogen-bond acceptors (Lipinski definition) is 4. The summed E-state index contributed by atoms with van der Waals surface area (Å²) in [5.41, 5.74) is 0.377. The van der Waals surface area contributed by atoms with E-state index in [9.17, 15) is 14.4 Å². The summed E-state index contributed by atoms with van der Waals surface area (Å²) in [5.74, 6) is -0.978. The van der Waals surface area contributed by atoms with Crippen LogP contribution in [0.25, 0.3) is 0 Å². The zero-order chi connectivity index (χ0) is 16.9. The number of anilines is 1. The fourth-order valence-corrected chi connectivity index (χ4v) is 2.01. The first-order chi connectivity index (χ1) is 10.1. The minimum Gasteiger partial charge on any atom is -0.465 e. The van der Waals surface area contributed by atoms with Crippen LogP contribution in [0.5, 0.6) is 0 Å². The molecule has 0 saturated heterocycles. The van der Waals surface area contributed by atoms with E-state index in [1.54, 1.807) is 18.2 Å². The molecule has 120 valence electrons. The molecule has 0 aromatic heterocycles. The maximum absolute atomic E-state index is 12.1. The Morgan fingerprint density at radius 1 is 1.23 bits per heavy atom. The molecule has 22 heavy (non-hydrogen) atoms. The number of benzene rings is 1. The molecule has 1 aromatic carbocycles. The van der Waals surface area contributed by atoms with Gasteiger partial charge in [0.15, 0.2) is 0 Å². The minimum atomic E-state index is -0.476. The summed E-state index contributed by atoms with van der Waals surface area (Å²) in [6.45, 7) is 6.95. The summed E-state index contributed by atoms with van der Waals surface area (Å²) in [6, 6.07) is 6.44. The average molecular weight is 306 g/mol. The number of hydrogen-bond donors (Lipinski definition) is 1. The van der Waals surface area contributed by atoms with Gasteiger partial charge in [0.2, 0.25) is 11.8 Å². The third-order valence-electron chi connectivity index (χ3n) is 3.06. The second-order valence-corrected chi connectivity index (χ2v) is 5.90. The van der Waals surface area contributed by atoms with Crippen LogP contribution >= 0.6 is 0 Å². The normalized spacial score (nSPS) is 10.8. The average Bonchev–Trinajstić information content (AvgIpc) is 2.42. The summed E-state index contributed by atoms with van der Waals surface area (Å²) in [5, 5.41) is 2.68. The molecule has 1 rings (SSSR count). The Hall–Kier alpha value is -2.37. The SMILES string of the molecule is COC(=O)c1cccc(NC(=O)CN(C(C)=O)C(C)(C)C)c1. The Morgan fingerprint density at radius 3 is 2.36 bits per heavy atom. The second kappa shape index (κ2) is 7.06. The van der Waals surface area contributed by atoms with Crippen molar-refractivity contribution in [1.82, 2.24) is 4.90 Å². The third kappa shape index (κ3) is 4.87. The number of methoxy groups -OCH3 is 1. The molecular formula is C16H22N2O4. The van der Waals surface area contributed by atoms with Crippen LogP contribution in [0, 0.1) is 0 Å². The van der Waals surface area contributed by atoms with Gasteiger partial charge in [-0.1, -0.05) is 6.07 Å². The lowest BCUT2D eigenvalue weighted by molar-refractivity contribution is -0.137. The molecular weight excluding hydrogens is 284 g/mol. The maximum Gasteiger partial charge on any atom is 0.337 e. The predicted molar refractivity (Wildman–Crippen MR) is 83.6 cm³/mol. The van der Waals surface area contributed by atoms with Gasteiger partial charge < -0.3 is 15.0 Å². The van der Waals surface area contributed by atoms with Crippen molar-refractivity contribution in [3.05, 3.63) is 29.8 Å². The third-order valence-corrected chi connectivity index (χ3v) is 3.06. The van der Waals surface area contributed by atoms with Crippen molar-refractivity contribution < 1.29 is 19.1 Å². The van der Waals surface area contributed by atoms with Crippen LogP contribution < -0.4 is 5.32 Å². The van der Waals surface area contributed by atoms with Crippen LogP contribution in [-0.2, 0) is 14.3 Å². The smallest absolute Gasteiger partial charge is 0.337 e. The van der Waals surface area contributed by atoms with Crippen molar-refractivity contribution in [2.24, 2.45) is 0 Å². The molecule has 0 saturated carbocycles. The van der Waals surface area contributed by atoms with Gasteiger partial charge in [-0.3, -0.25) is 9.59 Å². The van der Waals surface area contributed by atoms with E-state index in [-0.39, 0.29) is 18.4 Å². The molecule has 2 amide bonds. The Labute approximate surface area is 130 Å². The van der Waals surface area contributed by atoms with Crippen LogP contribution in [-0.4, -0.2) is 41.9 Å². The second-order valence-electron chi connectivity index (χ2n) is 5.90. The molecule has 6 heteroatoms. The number of carbonyl (C=O) groups excluding carboxylic acids is 3. The molecule has 6 nitrogen and oxygen atoms in total. The topological polar surface area (TPSA) is 75.7 Å². The van der Waals surface area contributed by atoms with Crippen LogP contribution in [0.3, 0.4) is 0 Å². The van der Waals surface area contributed by atoms with E-state index in [1.807, 2.05) is 20.8 Å². The summed E-state index contributed by atoms with van der Waals surface area (Å²) >= 11 is 0. The predicted octanol–water partition coefficient (Wildman–Crippen LogP) is 2.06. The molecule has 0 radical (unpaired) electrons. The molecule has 1 aromatic rings. The number of nitrogens with one attached hydrogen (secondary N) is 1. The van der Waals surface area contributed by atoms with Gasteiger partial charge >= 0.3 is 5.97 Å². The number of ether oxygens (including phenoxy) is 1. The van der Waals surface area contributed by atoms with E-state index >= 15 is 0 Å². The highest BCUT2D eigenvalue weighted by atomic mass is 16.5. The summed E-state index contributed by atoms with van der Waals surface area (Å²) < 4.78 is 4.63. The van der Waals surface area contributed by atoms with Gasteiger partial charge in [-0.25, -0.2) is 4.79 Å². The van der Waals surface area contributed by atoms with Crippen molar-refractivity contribution in [3.8, 4) is 0 Å². The Balaban J connectivity index is 2.81. The molecule has 1 N–H and O–H groups in total. The van der Waals surface area contributed by atoms with Gasteiger partial charge in [0.25, 0.3) is 0 Å². The fraction of sp³-hybridized carbons (Fsp3) is 0.438. The van der Waals surface area contributed by atoms with E-state index in [1.165, 1.54) is 25.0 Å². The first kappa shape index (κ1) is 17.7. The first-order valence-corrected chi connectivity index (χ1v) is 6.91. The lowest BCUT2D eigenvalue weighted by atomic mass is 10.1. The van der Waals surface area contributed by atoms with Gasteiger partial charge in [0, 0.05) is 18.2 Å². The lowest BCUT2D eigenvalue weighted by Crippen LogP contribution is -2.48. The molecule has 0 fully saturated rings. The molecule has 0 spiro atoms. The fourth-order valence-electron chi connectivity index (χ4n) is 2.01. The van der Waals surface area contributed by atoms with E-state index in [2.05, 4.69) is 10.1 Å². The summed E-state index contributed by atoms with van der Waals surface area (Å²) in [6.07, 6.45) is 0. The molecule has 0 aliphatic carbocycles. The van der Waals surface area contributed by atoms with E-state index in [4.69, 9.17) is 0 Å². The highest BCUT2D eigenvalue weighted by Gasteiger charge is 2.25. The van der Waals surface area contributed by atoms with Crippen LogP contribution in [0.1, 0.15) is 38.1 Å². The summed E-state index contributed by atoms with van der Waals surface area (Å²) in [7, 11) is 1.29. The minimum absolute atomic E-state index is 0.0543. The van der Waals surface area contributed by atoms with Crippen molar-refractivity contribution in [3.63, 3.8) is 0 Å². The Morgan fingerprint density at radius 2 is 1.86 bits per heavy atom. The van der Waals surface area contributed by atoms with E-state index < -0.39 is 11.5 Å². The van der Waals surface area contributed by atoms with Gasteiger partial charge in [-0.2, -0.15) is 0 Å². The molecule has 0 heterocycles. The van der Waals surface area contributed by atoms with Gasteiger partial charge in [0.05, 0.1) is 12.7 Å². The van der Waals surface area contributed by atoms with Crippen molar-refractivity contribution >= 4 is 23.5 Å². The van der Waals surface area contributed by atoms with Crippen LogP contribution in [0.2, 0.25) is 0 Å². The maximum atomic E-state index is 12.1. The highest BCUT2D eigenvalue weighted by Crippen LogP contribution is 2.15. The van der Waals surface area contributed by atoms with E-state index in [0.717, 1.165) is 0 Å². The molecule has 0 atom stereocenters. The number of rotatable bonds is 4. The monoisotopic (exact) mass is 306 g/mol. The first-order valence-electron chi connectivity index (χ1n) is 6.91. The number of esters is 1. The van der Waals surface area contributed by atoms with Crippen molar-refractivity contribution in [2.75, 3.05) is 19.0 Å². The van der Waals surface area contributed by atoms with Crippen molar-refractivity contribution in [1.29, 1.82) is 0 Å². The highest BCUT2D eigenvalue weighted by molar-refractivity contribution is 5.96. The Bertz CT molecular complexity index is 576. The molecule has 0 aliphatic rings. The molecule has 0 aliphatic heterocycles. The standard InChI is InChI=1S/C16H22N2O4/c1-11(19)18(16(2,3)4)10-14(20)17-13-8-6-7-12(9-13)15(21)22-5/h6-9H,10H2,1-5H3,(H,17,20). The lowest BCUT2D eigenvalue weighted by Gasteiger charge is -2.34. The zero-order valence-corrected chi connectivity index (χ0v) is 13.6. The summed E-state index contributed by atoms with van der Waals surface area (Å²) in [4.78, 5) is 36.7. The van der Waals surface area contributed by atoms with Crippen LogP contribution in [0.4, 0.5) is 5.69 Å². The zero-order valence-electron chi connectivity index (χ0n) is 13.6. The Kier molecular flexibility index (Phi) is 5.68. The van der Waals surface area contributed by atoms with E-state index in [0.29, 0.717) is 11.3 Å². The van der Waals surface area contributed by atoms with Gasteiger partial charge in [0.1, 0.15) is 6.54 Å². The number of amides is 2. The van der Waals surface area contributed by atoms with Crippen molar-refractivity contribution in [2.45, 2.75) is 33.2 Å². The number of carbonyl (C=O) groups is 3. The van der Waals surface area contributed by atoms with Crippen LogP contribution in [0.15, 0.2) is 24.3 Å². The van der Waals surface area contributed by atoms with Gasteiger partial charge in [-0.05, 0) is 39.0 Å². The molecule has 0 bridgehead atoms. The van der Waals surface area contributed by atoms with Gasteiger partial charge in [-0.15, -0.1) is 0 Å².